The Bertz CT molecular complexity index is 579. The molecule has 0 aromatic carbocycles. The molecule has 2 aromatic heterocycles. The van der Waals surface area contributed by atoms with Crippen molar-refractivity contribution in [3.05, 3.63) is 22.5 Å². The molecule has 1 aliphatic carbocycles. The zero-order valence-electron chi connectivity index (χ0n) is 10.2. The smallest absolute Gasteiger partial charge is 0.263 e. The van der Waals surface area contributed by atoms with Crippen molar-refractivity contribution in [2.75, 3.05) is 0 Å². The van der Waals surface area contributed by atoms with Crippen LogP contribution in [0.5, 0.6) is 0 Å². The van der Waals surface area contributed by atoms with Crippen molar-refractivity contribution in [1.82, 2.24) is 15.5 Å². The Labute approximate surface area is 108 Å². The molecule has 6 heteroatoms. The van der Waals surface area contributed by atoms with Crippen LogP contribution in [-0.2, 0) is 0 Å². The molecule has 1 aliphatic rings. The molecule has 0 saturated heterocycles. The number of carbonyl (C=O) groups excluding carboxylic acids is 1. The highest BCUT2D eigenvalue weighted by Crippen LogP contribution is 2.30. The van der Waals surface area contributed by atoms with E-state index in [4.69, 9.17) is 4.52 Å². The van der Waals surface area contributed by atoms with Gasteiger partial charge in [-0.25, -0.2) is 4.98 Å². The Hall–Kier alpha value is -1.69. The van der Waals surface area contributed by atoms with Crippen LogP contribution in [0.4, 0.5) is 0 Å². The fourth-order valence-electron chi connectivity index (χ4n) is 1.77. The molecule has 0 aliphatic heterocycles. The number of aryl methyl sites for hydroxylation is 2. The van der Waals surface area contributed by atoms with Crippen molar-refractivity contribution < 1.29 is 9.32 Å². The van der Waals surface area contributed by atoms with E-state index in [2.05, 4.69) is 15.5 Å². The summed E-state index contributed by atoms with van der Waals surface area (Å²) in [6.07, 6.45) is 3.78. The minimum absolute atomic E-state index is 0.0342. The van der Waals surface area contributed by atoms with Crippen molar-refractivity contribution in [2.24, 2.45) is 0 Å². The lowest BCUT2D eigenvalue weighted by molar-refractivity contribution is 0.0955. The quantitative estimate of drug-likeness (QED) is 0.922. The molecule has 0 spiro atoms. The number of amides is 1. The molecule has 5 nitrogen and oxygen atoms in total. The van der Waals surface area contributed by atoms with Crippen LogP contribution in [-0.4, -0.2) is 22.1 Å². The van der Waals surface area contributed by atoms with Crippen LogP contribution in [0.1, 0.15) is 34.0 Å². The van der Waals surface area contributed by atoms with Crippen LogP contribution in [0.3, 0.4) is 0 Å². The normalized spacial score (nSPS) is 14.8. The molecule has 0 unspecified atom stereocenters. The summed E-state index contributed by atoms with van der Waals surface area (Å²) in [6, 6.07) is 0.363. The highest BCUT2D eigenvalue weighted by molar-refractivity contribution is 7.16. The zero-order chi connectivity index (χ0) is 12.7. The van der Waals surface area contributed by atoms with E-state index in [1.165, 1.54) is 11.3 Å². The van der Waals surface area contributed by atoms with Crippen molar-refractivity contribution in [3.63, 3.8) is 0 Å². The first-order valence-electron chi connectivity index (χ1n) is 5.85. The van der Waals surface area contributed by atoms with Gasteiger partial charge in [-0.15, -0.1) is 11.3 Å². The van der Waals surface area contributed by atoms with Gasteiger partial charge in [0.1, 0.15) is 15.6 Å². The lowest BCUT2D eigenvalue weighted by atomic mass is 10.2. The Kier molecular flexibility index (Phi) is 2.66. The molecule has 94 valence electrons. The number of nitrogens with one attached hydrogen (secondary N) is 1. The van der Waals surface area contributed by atoms with Crippen LogP contribution in [0.15, 0.2) is 10.7 Å². The van der Waals surface area contributed by atoms with E-state index >= 15 is 0 Å². The molecule has 3 rings (SSSR count). The van der Waals surface area contributed by atoms with Gasteiger partial charge >= 0.3 is 0 Å². The Morgan fingerprint density at radius 1 is 1.50 bits per heavy atom. The summed E-state index contributed by atoms with van der Waals surface area (Å²) in [5.41, 5.74) is 1.70. The van der Waals surface area contributed by atoms with E-state index in [0.29, 0.717) is 10.9 Å². The van der Waals surface area contributed by atoms with Crippen molar-refractivity contribution in [1.29, 1.82) is 0 Å². The molecule has 0 radical (unpaired) electrons. The summed E-state index contributed by atoms with van der Waals surface area (Å²) in [5.74, 6) is 0.698. The summed E-state index contributed by atoms with van der Waals surface area (Å²) >= 11 is 1.37. The number of hydrogen-bond acceptors (Lipinski definition) is 5. The first kappa shape index (κ1) is 11.4. The summed E-state index contributed by atoms with van der Waals surface area (Å²) in [7, 11) is 0. The van der Waals surface area contributed by atoms with Crippen LogP contribution in [0.2, 0.25) is 0 Å². The molecular weight excluding hydrogens is 250 g/mol. The monoisotopic (exact) mass is 263 g/mol. The van der Waals surface area contributed by atoms with E-state index in [9.17, 15) is 4.79 Å². The summed E-state index contributed by atoms with van der Waals surface area (Å²) in [6.45, 7) is 3.72. The molecule has 1 N–H and O–H groups in total. The van der Waals surface area contributed by atoms with E-state index in [-0.39, 0.29) is 5.91 Å². The molecule has 1 amide bonds. The van der Waals surface area contributed by atoms with Gasteiger partial charge in [-0.1, -0.05) is 5.16 Å². The fraction of sp³-hybridized carbons (Fsp3) is 0.417. The van der Waals surface area contributed by atoms with E-state index < -0.39 is 0 Å². The van der Waals surface area contributed by atoms with Crippen LogP contribution < -0.4 is 5.32 Å². The summed E-state index contributed by atoms with van der Waals surface area (Å²) in [5, 5.41) is 7.63. The van der Waals surface area contributed by atoms with Crippen molar-refractivity contribution >= 4 is 17.2 Å². The maximum Gasteiger partial charge on any atom is 0.263 e. The molecular formula is C12H13N3O2S. The van der Waals surface area contributed by atoms with Crippen molar-refractivity contribution in [2.45, 2.75) is 32.7 Å². The third-order valence-electron chi connectivity index (χ3n) is 2.89. The number of thiazole rings is 1. The fourth-order valence-corrected chi connectivity index (χ4v) is 2.73. The molecule has 1 saturated carbocycles. The minimum Gasteiger partial charge on any atom is -0.361 e. The summed E-state index contributed by atoms with van der Waals surface area (Å²) in [4.78, 5) is 16.8. The van der Waals surface area contributed by atoms with Crippen LogP contribution in [0, 0.1) is 13.8 Å². The highest BCUT2D eigenvalue weighted by Gasteiger charge is 2.25. The largest absolute Gasteiger partial charge is 0.361 e. The zero-order valence-corrected chi connectivity index (χ0v) is 11.0. The average molecular weight is 263 g/mol. The predicted molar refractivity (Wildman–Crippen MR) is 67.6 cm³/mol. The lowest BCUT2D eigenvalue weighted by Gasteiger charge is -1.98. The number of rotatable bonds is 3. The standard InChI is InChI=1S/C12H13N3O2S/c1-6-10(7(2)17-15-6)12-13-5-9(18-12)11(16)14-8-3-4-8/h5,8H,3-4H2,1-2H3,(H,14,16). The topological polar surface area (TPSA) is 68.0 Å². The van der Waals surface area contributed by atoms with Crippen molar-refractivity contribution in [3.8, 4) is 10.6 Å². The van der Waals surface area contributed by atoms with Gasteiger partial charge in [0, 0.05) is 6.04 Å². The van der Waals surface area contributed by atoms with E-state index in [0.717, 1.165) is 34.9 Å². The Balaban J connectivity index is 1.86. The van der Waals surface area contributed by atoms with Crippen LogP contribution >= 0.6 is 11.3 Å². The van der Waals surface area contributed by atoms with Gasteiger partial charge in [0.2, 0.25) is 0 Å². The number of hydrogen-bond donors (Lipinski definition) is 1. The van der Waals surface area contributed by atoms with E-state index in [1.54, 1.807) is 6.20 Å². The molecule has 2 aromatic rings. The average Bonchev–Trinajstić information content (AvgIpc) is 2.89. The first-order valence-corrected chi connectivity index (χ1v) is 6.66. The van der Waals surface area contributed by atoms with Gasteiger partial charge in [-0.3, -0.25) is 4.79 Å². The predicted octanol–water partition coefficient (Wildman–Crippen LogP) is 2.31. The number of nitrogens with zero attached hydrogens (tertiary/aromatic N) is 2. The second-order valence-corrected chi connectivity index (χ2v) is 5.51. The molecule has 1 fully saturated rings. The molecule has 0 atom stereocenters. The second kappa shape index (κ2) is 4.20. The SMILES string of the molecule is Cc1noc(C)c1-c1ncc(C(=O)NC2CC2)s1. The third-order valence-corrected chi connectivity index (χ3v) is 3.90. The van der Waals surface area contributed by atoms with Gasteiger partial charge < -0.3 is 9.84 Å². The Morgan fingerprint density at radius 2 is 2.28 bits per heavy atom. The van der Waals surface area contributed by atoms with E-state index in [1.807, 2.05) is 13.8 Å². The summed E-state index contributed by atoms with van der Waals surface area (Å²) < 4.78 is 5.11. The molecule has 2 heterocycles. The van der Waals surface area contributed by atoms with Crippen LogP contribution in [0.25, 0.3) is 10.6 Å². The minimum atomic E-state index is -0.0342. The van der Waals surface area contributed by atoms with Gasteiger partial charge in [0.25, 0.3) is 5.91 Å². The number of aromatic nitrogens is 2. The first-order chi connectivity index (χ1) is 8.65. The second-order valence-electron chi connectivity index (χ2n) is 4.48. The third kappa shape index (κ3) is 2.03. The molecule has 18 heavy (non-hydrogen) atoms. The molecule has 0 bridgehead atoms. The van der Waals surface area contributed by atoms with Gasteiger partial charge in [0.15, 0.2) is 0 Å². The van der Waals surface area contributed by atoms with Gasteiger partial charge in [-0.05, 0) is 26.7 Å². The lowest BCUT2D eigenvalue weighted by Crippen LogP contribution is -2.24. The van der Waals surface area contributed by atoms with Gasteiger partial charge in [-0.2, -0.15) is 0 Å². The van der Waals surface area contributed by atoms with Gasteiger partial charge in [0.05, 0.1) is 17.5 Å². The maximum atomic E-state index is 11.9. The number of carbonyl (C=O) groups is 1. The Morgan fingerprint density at radius 3 is 2.89 bits per heavy atom. The maximum absolute atomic E-state index is 11.9. The highest BCUT2D eigenvalue weighted by atomic mass is 32.1.